The zero-order chi connectivity index (χ0) is 9.40. The summed E-state index contributed by atoms with van der Waals surface area (Å²) in [5.74, 6) is -0.269. The molecular formula is C6H11IN2O3. The summed E-state index contributed by atoms with van der Waals surface area (Å²) < 4.78 is 5.03. The second-order valence-electron chi connectivity index (χ2n) is 1.86. The summed E-state index contributed by atoms with van der Waals surface area (Å²) in [6.45, 7) is 0.553. The van der Waals surface area contributed by atoms with Crippen molar-refractivity contribution in [3.63, 3.8) is 0 Å². The monoisotopic (exact) mass is 286 g/mol. The van der Waals surface area contributed by atoms with Crippen LogP contribution in [0.15, 0.2) is 0 Å². The maximum absolute atomic E-state index is 10.6. The summed E-state index contributed by atoms with van der Waals surface area (Å²) in [4.78, 5) is 21.1. The molecule has 0 rings (SSSR count). The van der Waals surface area contributed by atoms with Crippen LogP contribution in [0.25, 0.3) is 0 Å². The van der Waals surface area contributed by atoms with E-state index < -0.39 is 0 Å². The van der Waals surface area contributed by atoms with Gasteiger partial charge >= 0.3 is 12.0 Å². The summed E-state index contributed by atoms with van der Waals surface area (Å²) in [6, 6.07) is -0.277. The Morgan fingerprint density at radius 2 is 2.17 bits per heavy atom. The Balaban J connectivity index is 3.21. The molecule has 0 unspecified atom stereocenters. The van der Waals surface area contributed by atoms with Crippen LogP contribution in [0.4, 0.5) is 4.79 Å². The van der Waals surface area contributed by atoms with Gasteiger partial charge in [0.1, 0.15) is 6.61 Å². The molecule has 0 bridgehead atoms. The molecule has 0 heterocycles. The summed E-state index contributed by atoms with van der Waals surface area (Å²) in [5.41, 5.74) is 0. The molecule has 0 saturated heterocycles. The molecule has 2 N–H and O–H groups in total. The van der Waals surface area contributed by atoms with Crippen molar-refractivity contribution in [1.82, 2.24) is 10.6 Å². The van der Waals surface area contributed by atoms with Gasteiger partial charge in [0.25, 0.3) is 0 Å². The number of carbonyl (C=O) groups is 2. The van der Waals surface area contributed by atoms with Gasteiger partial charge in [-0.05, 0) is 0 Å². The SMILES string of the molecule is CNC(=O)NCCOC(=O)CI. The van der Waals surface area contributed by atoms with Gasteiger partial charge in [-0.15, -0.1) is 0 Å². The highest BCUT2D eigenvalue weighted by Gasteiger charge is 1.99. The summed E-state index contributed by atoms with van der Waals surface area (Å²) in [7, 11) is 1.52. The van der Waals surface area contributed by atoms with Crippen molar-refractivity contribution in [2.75, 3.05) is 24.6 Å². The number of amides is 2. The molecule has 0 aromatic heterocycles. The molecule has 0 atom stereocenters. The summed E-state index contributed by atoms with van der Waals surface area (Å²) >= 11 is 1.91. The third-order valence-corrected chi connectivity index (χ3v) is 1.61. The van der Waals surface area contributed by atoms with Crippen LogP contribution < -0.4 is 10.6 Å². The van der Waals surface area contributed by atoms with E-state index in [1.165, 1.54) is 7.05 Å². The first-order valence-corrected chi connectivity index (χ1v) is 4.90. The Bertz CT molecular complexity index is 145. The number of carbonyl (C=O) groups excluding carboxylic acids is 2. The maximum Gasteiger partial charge on any atom is 0.315 e. The maximum atomic E-state index is 10.6. The Morgan fingerprint density at radius 1 is 1.50 bits per heavy atom. The lowest BCUT2D eigenvalue weighted by atomic mass is 10.6. The van der Waals surface area contributed by atoms with Crippen LogP contribution in [-0.2, 0) is 9.53 Å². The van der Waals surface area contributed by atoms with E-state index in [2.05, 4.69) is 10.6 Å². The molecule has 0 saturated carbocycles. The molecule has 70 valence electrons. The molecular weight excluding hydrogens is 275 g/mol. The van der Waals surface area contributed by atoms with E-state index in [-0.39, 0.29) is 18.6 Å². The molecule has 2 amide bonds. The van der Waals surface area contributed by atoms with Crippen molar-refractivity contribution in [2.24, 2.45) is 0 Å². The molecule has 0 spiro atoms. The smallest absolute Gasteiger partial charge is 0.315 e. The standard InChI is InChI=1S/C6H11IN2O3/c1-8-6(11)9-2-3-12-5(10)4-7/h2-4H2,1H3,(H2,8,9,11). The molecule has 0 aliphatic heterocycles. The normalized spacial score (nSPS) is 8.83. The number of hydrogen-bond donors (Lipinski definition) is 2. The van der Waals surface area contributed by atoms with E-state index >= 15 is 0 Å². The third-order valence-electron chi connectivity index (χ3n) is 0.987. The first-order chi connectivity index (χ1) is 5.70. The second-order valence-corrected chi connectivity index (χ2v) is 2.62. The third kappa shape index (κ3) is 6.20. The predicted molar refractivity (Wildman–Crippen MR) is 52.3 cm³/mol. The minimum absolute atomic E-state index is 0.218. The molecule has 6 heteroatoms. The molecule has 12 heavy (non-hydrogen) atoms. The first-order valence-electron chi connectivity index (χ1n) is 3.38. The number of urea groups is 1. The quantitative estimate of drug-likeness (QED) is 0.328. The molecule has 0 radical (unpaired) electrons. The van der Waals surface area contributed by atoms with Gasteiger partial charge in [0.2, 0.25) is 0 Å². The molecule has 0 aliphatic carbocycles. The van der Waals surface area contributed by atoms with Crippen LogP contribution in [0.1, 0.15) is 0 Å². The lowest BCUT2D eigenvalue weighted by Gasteiger charge is -2.04. The lowest BCUT2D eigenvalue weighted by molar-refractivity contribution is -0.139. The Morgan fingerprint density at radius 3 is 2.67 bits per heavy atom. The van der Waals surface area contributed by atoms with E-state index in [4.69, 9.17) is 4.74 Å². The predicted octanol–water partition coefficient (Wildman–Crippen LogP) is -0.106. The van der Waals surface area contributed by atoms with Crippen molar-refractivity contribution < 1.29 is 14.3 Å². The molecule has 0 aromatic rings. The Kier molecular flexibility index (Phi) is 6.82. The van der Waals surface area contributed by atoms with Gasteiger partial charge in [0, 0.05) is 7.05 Å². The fraction of sp³-hybridized carbons (Fsp3) is 0.667. The Hall–Kier alpha value is -0.530. The average molecular weight is 286 g/mol. The molecule has 0 aliphatic rings. The number of esters is 1. The van der Waals surface area contributed by atoms with Gasteiger partial charge in [-0.1, -0.05) is 22.6 Å². The Labute approximate surface area is 84.4 Å². The van der Waals surface area contributed by atoms with Crippen LogP contribution in [0.3, 0.4) is 0 Å². The fourth-order valence-corrected chi connectivity index (χ4v) is 0.677. The molecule has 5 nitrogen and oxygen atoms in total. The van der Waals surface area contributed by atoms with Crippen LogP contribution in [-0.4, -0.2) is 36.6 Å². The van der Waals surface area contributed by atoms with E-state index in [0.29, 0.717) is 11.0 Å². The van der Waals surface area contributed by atoms with Crippen LogP contribution in [0.5, 0.6) is 0 Å². The zero-order valence-electron chi connectivity index (χ0n) is 6.72. The van der Waals surface area contributed by atoms with Crippen molar-refractivity contribution in [3.8, 4) is 0 Å². The highest BCUT2D eigenvalue weighted by Crippen LogP contribution is 1.84. The van der Waals surface area contributed by atoms with Gasteiger partial charge < -0.3 is 15.4 Å². The molecule has 0 aromatic carbocycles. The van der Waals surface area contributed by atoms with Gasteiger partial charge in [0.15, 0.2) is 0 Å². The average Bonchev–Trinajstić information content (AvgIpc) is 2.11. The van der Waals surface area contributed by atoms with Crippen molar-refractivity contribution >= 4 is 34.6 Å². The second kappa shape index (κ2) is 7.14. The summed E-state index contributed by atoms with van der Waals surface area (Å²) in [6.07, 6.45) is 0. The largest absolute Gasteiger partial charge is 0.463 e. The van der Waals surface area contributed by atoms with Crippen LogP contribution >= 0.6 is 22.6 Å². The number of hydrogen-bond acceptors (Lipinski definition) is 3. The molecule has 0 fully saturated rings. The highest BCUT2D eigenvalue weighted by molar-refractivity contribution is 14.1. The number of rotatable bonds is 4. The number of alkyl halides is 1. The van der Waals surface area contributed by atoms with Crippen LogP contribution in [0.2, 0.25) is 0 Å². The minimum Gasteiger partial charge on any atom is -0.463 e. The number of ether oxygens (including phenoxy) is 1. The van der Waals surface area contributed by atoms with E-state index in [1.54, 1.807) is 0 Å². The first kappa shape index (κ1) is 11.5. The van der Waals surface area contributed by atoms with Crippen molar-refractivity contribution in [1.29, 1.82) is 0 Å². The van der Waals surface area contributed by atoms with E-state index in [9.17, 15) is 9.59 Å². The van der Waals surface area contributed by atoms with Gasteiger partial charge in [-0.2, -0.15) is 0 Å². The number of nitrogens with one attached hydrogen (secondary N) is 2. The van der Waals surface area contributed by atoms with E-state index in [1.807, 2.05) is 22.6 Å². The zero-order valence-corrected chi connectivity index (χ0v) is 8.88. The van der Waals surface area contributed by atoms with Crippen molar-refractivity contribution in [3.05, 3.63) is 0 Å². The van der Waals surface area contributed by atoms with Gasteiger partial charge in [-0.25, -0.2) is 4.79 Å². The topological polar surface area (TPSA) is 67.4 Å². The lowest BCUT2D eigenvalue weighted by Crippen LogP contribution is -2.35. The van der Waals surface area contributed by atoms with Gasteiger partial charge in [-0.3, -0.25) is 4.79 Å². The van der Waals surface area contributed by atoms with Gasteiger partial charge in [0.05, 0.1) is 11.0 Å². The van der Waals surface area contributed by atoms with E-state index in [0.717, 1.165) is 0 Å². The minimum atomic E-state index is -0.277. The highest BCUT2D eigenvalue weighted by atomic mass is 127. The van der Waals surface area contributed by atoms with Crippen molar-refractivity contribution in [2.45, 2.75) is 0 Å². The number of halogens is 1. The van der Waals surface area contributed by atoms with Crippen LogP contribution in [0, 0.1) is 0 Å². The fourth-order valence-electron chi connectivity index (χ4n) is 0.456. The summed E-state index contributed by atoms with van der Waals surface area (Å²) in [5, 5.41) is 4.86.